The number of hydrogen-bond acceptors (Lipinski definition) is 6. The number of methoxy groups -OCH3 is 2. The van der Waals surface area contributed by atoms with Gasteiger partial charge in [0.15, 0.2) is 11.4 Å². The van der Waals surface area contributed by atoms with Crippen molar-refractivity contribution in [2.24, 2.45) is 0 Å². The second-order valence-corrected chi connectivity index (χ2v) is 6.26. The Morgan fingerprint density at radius 2 is 2.00 bits per heavy atom. The van der Waals surface area contributed by atoms with Crippen molar-refractivity contribution in [1.29, 1.82) is 0 Å². The molecule has 1 aromatic heterocycles. The van der Waals surface area contributed by atoms with Crippen LogP contribution in [0, 0.1) is 5.21 Å². The van der Waals surface area contributed by atoms with Crippen LogP contribution in [-0.2, 0) is 0 Å². The number of ether oxygens (including phenoxy) is 2. The van der Waals surface area contributed by atoms with E-state index < -0.39 is 0 Å². The van der Waals surface area contributed by atoms with E-state index in [2.05, 4.69) is 25.9 Å². The molecule has 0 fully saturated rings. The molecular weight excluding hydrogens is 388 g/mol. The summed E-state index contributed by atoms with van der Waals surface area (Å²) in [5, 5.41) is 13.4. The van der Waals surface area contributed by atoms with Crippen LogP contribution in [-0.4, -0.2) is 35.3 Å². The largest absolute Gasteiger partial charge is 0.710 e. The standard InChI is InChI=1S/C17H13BrN4O3/c1-24-13-7-12-14-15(16(13)25-2)22(23)9-21(17(14)20-8-19-12)11-5-3-4-10(18)6-11/h3-9H,1-2H3. The highest BCUT2D eigenvalue weighted by Crippen LogP contribution is 2.47. The van der Waals surface area contributed by atoms with Gasteiger partial charge in [-0.25, -0.2) is 9.72 Å². The van der Waals surface area contributed by atoms with Gasteiger partial charge in [0, 0.05) is 10.5 Å². The van der Waals surface area contributed by atoms with Gasteiger partial charge in [0.05, 0.1) is 19.7 Å². The van der Waals surface area contributed by atoms with Crippen LogP contribution in [0.1, 0.15) is 0 Å². The van der Waals surface area contributed by atoms with E-state index >= 15 is 0 Å². The van der Waals surface area contributed by atoms with E-state index in [4.69, 9.17) is 9.47 Å². The third-order valence-electron chi connectivity index (χ3n) is 3.98. The van der Waals surface area contributed by atoms with Gasteiger partial charge < -0.3 is 14.7 Å². The average molecular weight is 401 g/mol. The highest BCUT2D eigenvalue weighted by atomic mass is 79.9. The molecule has 0 aliphatic carbocycles. The Balaban J connectivity index is 2.06. The number of benzene rings is 2. The third-order valence-corrected chi connectivity index (χ3v) is 4.47. The normalized spacial score (nSPS) is 12.9. The van der Waals surface area contributed by atoms with Gasteiger partial charge in [-0.1, -0.05) is 22.0 Å². The molecule has 0 saturated carbocycles. The fourth-order valence-corrected chi connectivity index (χ4v) is 3.31. The monoisotopic (exact) mass is 400 g/mol. The molecule has 3 aromatic rings. The summed E-state index contributed by atoms with van der Waals surface area (Å²) in [5.41, 5.74) is 1.74. The highest BCUT2D eigenvalue weighted by Gasteiger charge is 2.32. The zero-order chi connectivity index (χ0) is 17.6. The Labute approximate surface area is 151 Å². The quantitative estimate of drug-likeness (QED) is 0.492. The molecule has 8 heteroatoms. The summed E-state index contributed by atoms with van der Waals surface area (Å²) in [6.07, 6.45) is 2.89. The van der Waals surface area contributed by atoms with Crippen LogP contribution in [0.5, 0.6) is 11.5 Å². The molecule has 0 atom stereocenters. The molecule has 0 spiro atoms. The maximum absolute atomic E-state index is 12.8. The second-order valence-electron chi connectivity index (χ2n) is 5.34. The van der Waals surface area contributed by atoms with Crippen molar-refractivity contribution in [3.8, 4) is 11.5 Å². The molecule has 0 amide bonds. The lowest BCUT2D eigenvalue weighted by Gasteiger charge is -2.25. The van der Waals surface area contributed by atoms with E-state index in [9.17, 15) is 5.21 Å². The summed E-state index contributed by atoms with van der Waals surface area (Å²) in [5.74, 6) is 1.40. The molecule has 1 aliphatic heterocycles. The maximum atomic E-state index is 12.8. The van der Waals surface area contributed by atoms with Gasteiger partial charge in [0.1, 0.15) is 17.4 Å². The Bertz CT molecular complexity index is 1020. The third kappa shape index (κ3) is 2.37. The predicted molar refractivity (Wildman–Crippen MR) is 98.3 cm³/mol. The Hall–Kier alpha value is -2.87. The van der Waals surface area contributed by atoms with Gasteiger partial charge in [0.25, 0.3) is 6.34 Å². The van der Waals surface area contributed by atoms with Gasteiger partial charge in [-0.05, 0) is 18.2 Å². The van der Waals surface area contributed by atoms with E-state index in [1.165, 1.54) is 26.9 Å². The molecule has 4 rings (SSSR count). The average Bonchev–Trinajstić information content (AvgIpc) is 2.63. The minimum Gasteiger partial charge on any atom is -0.710 e. The fraction of sp³-hybridized carbons (Fsp3) is 0.118. The molecule has 0 saturated heterocycles. The Morgan fingerprint density at radius 1 is 1.16 bits per heavy atom. The van der Waals surface area contributed by atoms with Crippen LogP contribution >= 0.6 is 15.9 Å². The van der Waals surface area contributed by atoms with Crippen molar-refractivity contribution in [3.05, 3.63) is 46.3 Å². The second kappa shape index (κ2) is 5.89. The molecule has 126 valence electrons. The first-order valence-electron chi connectivity index (χ1n) is 7.40. The fourth-order valence-electron chi connectivity index (χ4n) is 2.92. The summed E-state index contributed by atoms with van der Waals surface area (Å²) in [6, 6.07) is 9.35. The van der Waals surface area contributed by atoms with E-state index in [0.29, 0.717) is 33.9 Å². The van der Waals surface area contributed by atoms with Crippen molar-refractivity contribution >= 4 is 50.4 Å². The van der Waals surface area contributed by atoms with E-state index in [1.54, 1.807) is 11.0 Å². The Kier molecular flexibility index (Phi) is 3.69. The van der Waals surface area contributed by atoms with E-state index in [-0.39, 0.29) is 0 Å². The molecule has 0 N–H and O–H groups in total. The van der Waals surface area contributed by atoms with Crippen molar-refractivity contribution in [1.82, 2.24) is 9.97 Å². The smallest absolute Gasteiger partial charge is 0.254 e. The predicted octanol–water partition coefficient (Wildman–Crippen LogP) is 3.73. The summed E-state index contributed by atoms with van der Waals surface area (Å²) < 4.78 is 12.4. The number of anilines is 2. The van der Waals surface area contributed by atoms with Gasteiger partial charge in [-0.15, -0.1) is 0 Å². The van der Waals surface area contributed by atoms with Crippen molar-refractivity contribution < 1.29 is 14.2 Å². The zero-order valence-corrected chi connectivity index (χ0v) is 15.0. The zero-order valence-electron chi connectivity index (χ0n) is 13.4. The molecular formula is C17H13BrN4O3. The first-order valence-corrected chi connectivity index (χ1v) is 8.19. The molecule has 7 nitrogen and oxygen atoms in total. The summed E-state index contributed by atoms with van der Waals surface area (Å²) in [6.45, 7) is 0. The lowest BCUT2D eigenvalue weighted by molar-refractivity contribution is -0.355. The molecule has 0 bridgehead atoms. The molecule has 25 heavy (non-hydrogen) atoms. The first-order chi connectivity index (χ1) is 12.1. The maximum Gasteiger partial charge on any atom is 0.254 e. The number of aromatic nitrogens is 2. The van der Waals surface area contributed by atoms with Crippen LogP contribution in [0.4, 0.5) is 17.2 Å². The topological polar surface area (TPSA) is 73.5 Å². The number of nitrogens with zero attached hydrogens (tertiary/aromatic N) is 4. The van der Waals surface area contributed by atoms with E-state index in [1.807, 2.05) is 24.3 Å². The van der Waals surface area contributed by atoms with Crippen LogP contribution in [0.2, 0.25) is 0 Å². The van der Waals surface area contributed by atoms with Crippen LogP contribution < -0.4 is 14.4 Å². The lowest BCUT2D eigenvalue weighted by Crippen LogP contribution is -2.25. The number of halogens is 1. The van der Waals surface area contributed by atoms with Gasteiger partial charge in [-0.3, -0.25) is 0 Å². The first kappa shape index (κ1) is 15.6. The summed E-state index contributed by atoms with van der Waals surface area (Å²) in [7, 11) is 3.02. The lowest BCUT2D eigenvalue weighted by atomic mass is 10.1. The van der Waals surface area contributed by atoms with Gasteiger partial charge in [-0.2, -0.15) is 9.88 Å². The minimum atomic E-state index is 0.332. The summed E-state index contributed by atoms with van der Waals surface area (Å²) in [4.78, 5) is 10.4. The highest BCUT2D eigenvalue weighted by molar-refractivity contribution is 9.10. The van der Waals surface area contributed by atoms with Crippen molar-refractivity contribution in [2.45, 2.75) is 0 Å². The molecule has 0 unspecified atom stereocenters. The van der Waals surface area contributed by atoms with E-state index in [0.717, 1.165) is 14.9 Å². The Morgan fingerprint density at radius 3 is 2.72 bits per heavy atom. The SMILES string of the molecule is COc1cc2ncnc3c2c(c1OC)[N+]([O-])=CN3c1cccc(Br)c1. The number of rotatable bonds is 3. The molecule has 2 aromatic carbocycles. The molecule has 1 aliphatic rings. The van der Waals surface area contributed by atoms with Crippen LogP contribution in [0.15, 0.2) is 41.1 Å². The summed E-state index contributed by atoms with van der Waals surface area (Å²) >= 11 is 3.45. The van der Waals surface area contributed by atoms with Crippen molar-refractivity contribution in [3.63, 3.8) is 0 Å². The molecule has 2 heterocycles. The van der Waals surface area contributed by atoms with Crippen molar-refractivity contribution in [2.75, 3.05) is 19.1 Å². The van der Waals surface area contributed by atoms with Crippen LogP contribution in [0.25, 0.3) is 10.9 Å². The molecule has 0 radical (unpaired) electrons. The van der Waals surface area contributed by atoms with Gasteiger partial charge in [0.2, 0.25) is 11.6 Å². The van der Waals surface area contributed by atoms with Gasteiger partial charge >= 0.3 is 0 Å². The number of hydrogen-bond donors (Lipinski definition) is 0. The minimum absolute atomic E-state index is 0.332. The van der Waals surface area contributed by atoms with Crippen LogP contribution in [0.3, 0.4) is 0 Å².